The molecule has 0 aliphatic carbocycles. The number of rotatable bonds is 3. The van der Waals surface area contributed by atoms with Crippen LogP contribution in [0.3, 0.4) is 0 Å². The molecular formula is C15H23ClN2O. The standard InChI is InChI=1S/C15H22N2O.ClH/c1-12(14-7-3-2-4-8-14)15(18)17-9-5-6-13(10-16)11-17;/h2-4,7-8,12-13H,5-6,9-11,16H2,1H3;1H. The molecular weight excluding hydrogens is 260 g/mol. The van der Waals surface area contributed by atoms with Crippen LogP contribution in [-0.4, -0.2) is 30.4 Å². The lowest BCUT2D eigenvalue weighted by atomic mass is 9.95. The van der Waals surface area contributed by atoms with Crippen LogP contribution in [0, 0.1) is 5.92 Å². The molecule has 1 aliphatic heterocycles. The van der Waals surface area contributed by atoms with E-state index in [1.807, 2.05) is 42.2 Å². The van der Waals surface area contributed by atoms with Crippen LogP contribution in [0.2, 0.25) is 0 Å². The average Bonchev–Trinajstić information content (AvgIpc) is 2.46. The summed E-state index contributed by atoms with van der Waals surface area (Å²) in [5.41, 5.74) is 6.81. The number of nitrogens with zero attached hydrogens (tertiary/aromatic N) is 1. The molecule has 1 saturated heterocycles. The quantitative estimate of drug-likeness (QED) is 0.925. The molecule has 0 spiro atoms. The van der Waals surface area contributed by atoms with Gasteiger partial charge in [0, 0.05) is 13.1 Å². The Morgan fingerprint density at radius 1 is 1.42 bits per heavy atom. The Labute approximate surface area is 121 Å². The minimum Gasteiger partial charge on any atom is -0.342 e. The first-order valence-electron chi connectivity index (χ1n) is 6.76. The molecule has 1 heterocycles. The molecule has 1 fully saturated rings. The lowest BCUT2D eigenvalue weighted by Gasteiger charge is -2.34. The predicted molar refractivity (Wildman–Crippen MR) is 80.5 cm³/mol. The molecule has 19 heavy (non-hydrogen) atoms. The average molecular weight is 283 g/mol. The van der Waals surface area contributed by atoms with E-state index < -0.39 is 0 Å². The fourth-order valence-electron chi connectivity index (χ4n) is 2.62. The molecule has 1 aromatic rings. The highest BCUT2D eigenvalue weighted by atomic mass is 35.5. The maximum Gasteiger partial charge on any atom is 0.229 e. The predicted octanol–water partition coefficient (Wildman–Crippen LogP) is 2.41. The summed E-state index contributed by atoms with van der Waals surface area (Å²) in [7, 11) is 0. The number of hydrogen-bond donors (Lipinski definition) is 1. The van der Waals surface area contributed by atoms with E-state index in [1.54, 1.807) is 0 Å². The van der Waals surface area contributed by atoms with Crippen molar-refractivity contribution in [1.82, 2.24) is 4.90 Å². The van der Waals surface area contributed by atoms with Crippen molar-refractivity contribution in [3.63, 3.8) is 0 Å². The highest BCUT2D eigenvalue weighted by molar-refractivity contribution is 5.85. The number of benzene rings is 1. The van der Waals surface area contributed by atoms with Gasteiger partial charge in [0.2, 0.25) is 5.91 Å². The van der Waals surface area contributed by atoms with E-state index in [-0.39, 0.29) is 24.2 Å². The first-order valence-corrected chi connectivity index (χ1v) is 6.76. The fourth-order valence-corrected chi connectivity index (χ4v) is 2.62. The van der Waals surface area contributed by atoms with Crippen LogP contribution in [0.5, 0.6) is 0 Å². The zero-order valence-electron chi connectivity index (χ0n) is 11.4. The highest BCUT2D eigenvalue weighted by Crippen LogP contribution is 2.22. The Morgan fingerprint density at radius 2 is 2.11 bits per heavy atom. The first-order chi connectivity index (χ1) is 8.72. The van der Waals surface area contributed by atoms with Gasteiger partial charge in [0.1, 0.15) is 0 Å². The van der Waals surface area contributed by atoms with Gasteiger partial charge in [0.25, 0.3) is 0 Å². The van der Waals surface area contributed by atoms with Crippen molar-refractivity contribution < 1.29 is 4.79 Å². The zero-order valence-corrected chi connectivity index (χ0v) is 12.2. The number of carbonyl (C=O) groups excluding carboxylic acids is 1. The molecule has 1 aromatic carbocycles. The Kier molecular flexibility index (Phi) is 6.32. The second-order valence-corrected chi connectivity index (χ2v) is 5.16. The third kappa shape index (κ3) is 3.95. The molecule has 2 rings (SSSR count). The highest BCUT2D eigenvalue weighted by Gasteiger charge is 2.26. The maximum absolute atomic E-state index is 12.4. The third-order valence-corrected chi connectivity index (χ3v) is 3.83. The van der Waals surface area contributed by atoms with Crippen molar-refractivity contribution in [3.8, 4) is 0 Å². The van der Waals surface area contributed by atoms with Crippen LogP contribution < -0.4 is 5.73 Å². The van der Waals surface area contributed by atoms with E-state index in [0.29, 0.717) is 12.5 Å². The summed E-state index contributed by atoms with van der Waals surface area (Å²) in [5, 5.41) is 0. The van der Waals surface area contributed by atoms with E-state index in [9.17, 15) is 4.79 Å². The molecule has 1 aliphatic rings. The summed E-state index contributed by atoms with van der Waals surface area (Å²) >= 11 is 0. The van der Waals surface area contributed by atoms with Crippen molar-refractivity contribution in [1.29, 1.82) is 0 Å². The van der Waals surface area contributed by atoms with Crippen LogP contribution in [-0.2, 0) is 4.79 Å². The molecule has 2 atom stereocenters. The van der Waals surface area contributed by atoms with Gasteiger partial charge in [-0.2, -0.15) is 0 Å². The molecule has 0 saturated carbocycles. The van der Waals surface area contributed by atoms with Gasteiger partial charge in [-0.3, -0.25) is 4.79 Å². The lowest BCUT2D eigenvalue weighted by Crippen LogP contribution is -2.43. The SMILES string of the molecule is CC(C(=O)N1CCCC(CN)C1)c1ccccc1.Cl. The fraction of sp³-hybridized carbons (Fsp3) is 0.533. The minimum atomic E-state index is -0.0530. The summed E-state index contributed by atoms with van der Waals surface area (Å²) in [6.45, 7) is 4.38. The van der Waals surface area contributed by atoms with Gasteiger partial charge in [-0.05, 0) is 37.8 Å². The largest absolute Gasteiger partial charge is 0.342 e. The van der Waals surface area contributed by atoms with Gasteiger partial charge in [0.15, 0.2) is 0 Å². The van der Waals surface area contributed by atoms with Crippen molar-refractivity contribution in [2.24, 2.45) is 11.7 Å². The van der Waals surface area contributed by atoms with Gasteiger partial charge in [-0.25, -0.2) is 0 Å². The van der Waals surface area contributed by atoms with Crippen LogP contribution in [0.4, 0.5) is 0 Å². The van der Waals surface area contributed by atoms with Gasteiger partial charge in [-0.1, -0.05) is 30.3 Å². The molecule has 1 amide bonds. The summed E-state index contributed by atoms with van der Waals surface area (Å²) in [5.74, 6) is 0.660. The number of halogens is 1. The minimum absolute atomic E-state index is 0. The summed E-state index contributed by atoms with van der Waals surface area (Å²) in [4.78, 5) is 14.4. The summed E-state index contributed by atoms with van der Waals surface area (Å²) < 4.78 is 0. The first kappa shape index (κ1) is 16.0. The Bertz CT molecular complexity index is 396. The number of hydrogen-bond acceptors (Lipinski definition) is 2. The maximum atomic E-state index is 12.4. The molecule has 2 N–H and O–H groups in total. The van der Waals surface area contributed by atoms with Gasteiger partial charge in [-0.15, -0.1) is 12.4 Å². The Balaban J connectivity index is 0.00000180. The van der Waals surface area contributed by atoms with E-state index in [2.05, 4.69) is 0 Å². The smallest absolute Gasteiger partial charge is 0.229 e. The van der Waals surface area contributed by atoms with E-state index in [1.165, 1.54) is 0 Å². The Morgan fingerprint density at radius 3 is 2.74 bits per heavy atom. The molecule has 106 valence electrons. The lowest BCUT2D eigenvalue weighted by molar-refractivity contribution is -0.134. The monoisotopic (exact) mass is 282 g/mol. The van der Waals surface area contributed by atoms with Crippen molar-refractivity contribution in [2.75, 3.05) is 19.6 Å². The normalized spacial score (nSPS) is 20.5. The number of carbonyl (C=O) groups is 1. The van der Waals surface area contributed by atoms with Gasteiger partial charge >= 0.3 is 0 Å². The van der Waals surface area contributed by atoms with Gasteiger partial charge in [0.05, 0.1) is 5.92 Å². The molecule has 2 unspecified atom stereocenters. The number of amides is 1. The zero-order chi connectivity index (χ0) is 13.0. The van der Waals surface area contributed by atoms with Crippen LogP contribution >= 0.6 is 12.4 Å². The number of nitrogens with two attached hydrogens (primary N) is 1. The second kappa shape index (κ2) is 7.51. The van der Waals surface area contributed by atoms with Crippen LogP contribution in [0.25, 0.3) is 0 Å². The summed E-state index contributed by atoms with van der Waals surface area (Å²) in [6, 6.07) is 9.99. The van der Waals surface area contributed by atoms with Gasteiger partial charge < -0.3 is 10.6 Å². The molecule has 0 aromatic heterocycles. The van der Waals surface area contributed by atoms with Crippen LogP contribution in [0.1, 0.15) is 31.2 Å². The third-order valence-electron chi connectivity index (χ3n) is 3.83. The Hall–Kier alpha value is -1.06. The topological polar surface area (TPSA) is 46.3 Å². The van der Waals surface area contributed by atoms with E-state index in [4.69, 9.17) is 5.73 Å². The number of piperidine rings is 1. The molecule has 4 heteroatoms. The van der Waals surface area contributed by atoms with Crippen molar-refractivity contribution in [3.05, 3.63) is 35.9 Å². The van der Waals surface area contributed by atoms with E-state index >= 15 is 0 Å². The van der Waals surface area contributed by atoms with E-state index in [0.717, 1.165) is 31.5 Å². The van der Waals surface area contributed by atoms with Crippen LogP contribution in [0.15, 0.2) is 30.3 Å². The molecule has 3 nitrogen and oxygen atoms in total. The van der Waals surface area contributed by atoms with Crippen molar-refractivity contribution >= 4 is 18.3 Å². The second-order valence-electron chi connectivity index (χ2n) is 5.16. The summed E-state index contributed by atoms with van der Waals surface area (Å²) in [6.07, 6.45) is 2.23. The molecule has 0 bridgehead atoms. The molecule has 0 radical (unpaired) electrons. The number of likely N-dealkylation sites (tertiary alicyclic amines) is 1. The van der Waals surface area contributed by atoms with Crippen molar-refractivity contribution in [2.45, 2.75) is 25.7 Å².